The van der Waals surface area contributed by atoms with E-state index in [0.717, 1.165) is 4.57 Å². The van der Waals surface area contributed by atoms with E-state index in [2.05, 4.69) is 5.32 Å². The van der Waals surface area contributed by atoms with Crippen LogP contribution >= 0.6 is 0 Å². The fourth-order valence-electron chi connectivity index (χ4n) is 1.62. The second-order valence-electron chi connectivity index (χ2n) is 4.64. The summed E-state index contributed by atoms with van der Waals surface area (Å²) in [7, 11) is 0. The van der Waals surface area contributed by atoms with Crippen LogP contribution in [0.5, 0.6) is 0 Å². The first-order chi connectivity index (χ1) is 8.74. The summed E-state index contributed by atoms with van der Waals surface area (Å²) < 4.78 is 37.8. The quantitative estimate of drug-likeness (QED) is 0.863. The number of aliphatic hydroxyl groups is 1. The highest BCUT2D eigenvalue weighted by Gasteiger charge is 2.29. The molecule has 1 aromatic rings. The normalized spacial score (nSPS) is 13.6. The lowest BCUT2D eigenvalue weighted by molar-refractivity contribution is -0.140. The van der Waals surface area contributed by atoms with E-state index in [1.165, 1.54) is 18.3 Å². The van der Waals surface area contributed by atoms with Crippen molar-refractivity contribution in [2.45, 2.75) is 32.6 Å². The molecule has 19 heavy (non-hydrogen) atoms. The van der Waals surface area contributed by atoms with Crippen LogP contribution in [0, 0.1) is 5.92 Å². The molecule has 1 amide bonds. The highest BCUT2D eigenvalue weighted by atomic mass is 19.4. The first-order valence-electron chi connectivity index (χ1n) is 5.88. The second-order valence-corrected chi connectivity index (χ2v) is 4.64. The average molecular weight is 278 g/mol. The van der Waals surface area contributed by atoms with Crippen molar-refractivity contribution in [3.05, 3.63) is 24.0 Å². The maximum atomic E-state index is 12.3. The van der Waals surface area contributed by atoms with Gasteiger partial charge in [-0.3, -0.25) is 4.79 Å². The van der Waals surface area contributed by atoms with Crippen molar-refractivity contribution in [1.82, 2.24) is 9.88 Å². The number of carbonyl (C=O) groups is 1. The molecule has 2 N–H and O–H groups in total. The van der Waals surface area contributed by atoms with Gasteiger partial charge in [-0.1, -0.05) is 13.8 Å². The number of hydrogen-bond acceptors (Lipinski definition) is 2. The van der Waals surface area contributed by atoms with E-state index < -0.39 is 24.7 Å². The number of rotatable bonds is 5. The summed E-state index contributed by atoms with van der Waals surface area (Å²) >= 11 is 0. The number of amides is 1. The Morgan fingerprint density at radius 3 is 2.58 bits per heavy atom. The second kappa shape index (κ2) is 6.10. The molecule has 4 nitrogen and oxygen atoms in total. The Morgan fingerprint density at radius 1 is 1.47 bits per heavy atom. The van der Waals surface area contributed by atoms with Crippen LogP contribution in [-0.4, -0.2) is 34.4 Å². The Balaban J connectivity index is 2.80. The Labute approximate surface area is 109 Å². The number of nitrogens with one attached hydrogen (secondary N) is 1. The van der Waals surface area contributed by atoms with Gasteiger partial charge in [0.1, 0.15) is 12.2 Å². The third-order valence-corrected chi connectivity index (χ3v) is 2.73. The van der Waals surface area contributed by atoms with Gasteiger partial charge in [-0.15, -0.1) is 0 Å². The van der Waals surface area contributed by atoms with E-state index in [9.17, 15) is 18.0 Å². The molecule has 0 aliphatic rings. The lowest BCUT2D eigenvalue weighted by atomic mass is 10.1. The van der Waals surface area contributed by atoms with Crippen molar-refractivity contribution in [1.29, 1.82) is 0 Å². The summed E-state index contributed by atoms with van der Waals surface area (Å²) in [6.07, 6.45) is -3.19. The van der Waals surface area contributed by atoms with Crippen molar-refractivity contribution in [3.8, 4) is 0 Å². The van der Waals surface area contributed by atoms with Crippen LogP contribution in [0.3, 0.4) is 0 Å². The molecule has 1 heterocycles. The third-order valence-electron chi connectivity index (χ3n) is 2.73. The molecule has 0 bridgehead atoms. The predicted octanol–water partition coefficient (Wildman–Crippen LogP) is 1.80. The summed E-state index contributed by atoms with van der Waals surface area (Å²) in [6.45, 7) is 2.13. The molecule has 1 aromatic heterocycles. The van der Waals surface area contributed by atoms with Gasteiger partial charge in [0, 0.05) is 6.20 Å². The van der Waals surface area contributed by atoms with E-state index in [-0.39, 0.29) is 18.2 Å². The van der Waals surface area contributed by atoms with Crippen LogP contribution in [0.4, 0.5) is 13.2 Å². The fourth-order valence-corrected chi connectivity index (χ4v) is 1.62. The van der Waals surface area contributed by atoms with E-state index in [4.69, 9.17) is 5.11 Å². The van der Waals surface area contributed by atoms with Crippen molar-refractivity contribution in [3.63, 3.8) is 0 Å². The van der Waals surface area contributed by atoms with Gasteiger partial charge in [-0.25, -0.2) is 0 Å². The van der Waals surface area contributed by atoms with Gasteiger partial charge < -0.3 is 15.0 Å². The minimum Gasteiger partial charge on any atom is -0.394 e. The predicted molar refractivity (Wildman–Crippen MR) is 63.7 cm³/mol. The number of halogens is 3. The number of nitrogens with zero attached hydrogens (tertiary/aromatic N) is 1. The summed E-state index contributed by atoms with van der Waals surface area (Å²) in [5, 5.41) is 11.6. The molecule has 0 aromatic carbocycles. The molecule has 0 spiro atoms. The van der Waals surface area contributed by atoms with Crippen LogP contribution in [0.2, 0.25) is 0 Å². The number of carbonyl (C=O) groups excluding carboxylic acids is 1. The molecular weight excluding hydrogens is 261 g/mol. The van der Waals surface area contributed by atoms with E-state index in [1.807, 2.05) is 0 Å². The summed E-state index contributed by atoms with van der Waals surface area (Å²) in [5.74, 6) is -0.637. The largest absolute Gasteiger partial charge is 0.406 e. The first-order valence-corrected chi connectivity index (χ1v) is 5.88. The molecule has 0 saturated heterocycles. The molecular formula is C12H17F3N2O2. The maximum Gasteiger partial charge on any atom is 0.406 e. The zero-order valence-corrected chi connectivity index (χ0v) is 10.7. The van der Waals surface area contributed by atoms with Gasteiger partial charge in [0.2, 0.25) is 0 Å². The average Bonchev–Trinajstić information content (AvgIpc) is 2.70. The monoisotopic (exact) mass is 278 g/mol. The number of aromatic nitrogens is 1. The van der Waals surface area contributed by atoms with Crippen LogP contribution in [0.25, 0.3) is 0 Å². The smallest absolute Gasteiger partial charge is 0.394 e. The van der Waals surface area contributed by atoms with Crippen LogP contribution in [0.1, 0.15) is 24.3 Å². The Kier molecular flexibility index (Phi) is 4.99. The third kappa shape index (κ3) is 4.59. The number of aliphatic hydroxyl groups excluding tert-OH is 1. The first kappa shape index (κ1) is 15.6. The van der Waals surface area contributed by atoms with Crippen LogP contribution in [0.15, 0.2) is 18.3 Å². The maximum absolute atomic E-state index is 12.3. The highest BCUT2D eigenvalue weighted by Crippen LogP contribution is 2.19. The molecule has 0 fully saturated rings. The Bertz CT molecular complexity index is 427. The van der Waals surface area contributed by atoms with Crippen LogP contribution < -0.4 is 5.32 Å². The topological polar surface area (TPSA) is 54.3 Å². The standard InChI is InChI=1S/C12H17F3N2O2/c1-8(2)9(6-18)16-11(19)10-4-3-5-17(10)7-12(13,14)15/h3-5,8-9,18H,6-7H2,1-2H3,(H,16,19). The van der Waals surface area contributed by atoms with Gasteiger partial charge >= 0.3 is 6.18 Å². The van der Waals surface area contributed by atoms with Crippen molar-refractivity contribution in [2.75, 3.05) is 6.61 Å². The van der Waals surface area contributed by atoms with Crippen molar-refractivity contribution in [2.24, 2.45) is 5.92 Å². The summed E-state index contributed by atoms with van der Waals surface area (Å²) in [5.41, 5.74) is -0.0728. The van der Waals surface area contributed by atoms with Crippen molar-refractivity contribution < 1.29 is 23.1 Å². The SMILES string of the molecule is CC(C)C(CO)NC(=O)c1cccn1CC(F)(F)F. The minimum absolute atomic E-state index is 0.0139. The van der Waals surface area contributed by atoms with Crippen LogP contribution in [-0.2, 0) is 6.54 Å². The molecule has 0 aliphatic carbocycles. The lowest BCUT2D eigenvalue weighted by Gasteiger charge is -2.20. The molecule has 0 radical (unpaired) electrons. The molecule has 0 saturated carbocycles. The van der Waals surface area contributed by atoms with Gasteiger partial charge in [-0.05, 0) is 18.1 Å². The molecule has 1 rings (SSSR count). The molecule has 108 valence electrons. The van der Waals surface area contributed by atoms with Gasteiger partial charge in [0.25, 0.3) is 5.91 Å². The van der Waals surface area contributed by atoms with Gasteiger partial charge in [-0.2, -0.15) is 13.2 Å². The highest BCUT2D eigenvalue weighted by molar-refractivity contribution is 5.93. The summed E-state index contributed by atoms with van der Waals surface area (Å²) in [4.78, 5) is 11.9. The Morgan fingerprint density at radius 2 is 2.11 bits per heavy atom. The molecule has 0 aliphatic heterocycles. The minimum atomic E-state index is -4.39. The molecule has 7 heteroatoms. The molecule has 1 unspecified atom stereocenters. The van der Waals surface area contributed by atoms with E-state index >= 15 is 0 Å². The zero-order chi connectivity index (χ0) is 14.6. The zero-order valence-electron chi connectivity index (χ0n) is 10.7. The van der Waals surface area contributed by atoms with Gasteiger partial charge in [0.05, 0.1) is 12.6 Å². The number of hydrogen-bond donors (Lipinski definition) is 2. The lowest BCUT2D eigenvalue weighted by Crippen LogP contribution is -2.42. The summed E-state index contributed by atoms with van der Waals surface area (Å²) in [6, 6.07) is 2.21. The molecule has 1 atom stereocenters. The van der Waals surface area contributed by atoms with E-state index in [1.54, 1.807) is 13.8 Å². The number of alkyl halides is 3. The fraction of sp³-hybridized carbons (Fsp3) is 0.583. The Hall–Kier alpha value is -1.50. The van der Waals surface area contributed by atoms with Gasteiger partial charge in [0.15, 0.2) is 0 Å². The van der Waals surface area contributed by atoms with E-state index in [0.29, 0.717) is 0 Å². The van der Waals surface area contributed by atoms with Crippen molar-refractivity contribution >= 4 is 5.91 Å².